The number of amides is 2. The van der Waals surface area contributed by atoms with E-state index in [0.29, 0.717) is 43.2 Å². The van der Waals surface area contributed by atoms with Crippen LogP contribution in [0.5, 0.6) is 5.75 Å². The summed E-state index contributed by atoms with van der Waals surface area (Å²) in [5.74, 6) is 0.333. The molecular weight excluding hydrogens is 430 g/mol. The van der Waals surface area contributed by atoms with E-state index in [1.54, 1.807) is 21.9 Å². The standard InChI is InChI=1S/C27H27N3O4/c1-19-8-2-6-12-23(19)30-25(28-22-11-5-3-9-20(22)27(30)32)18-34-24-13-7-4-10-21(24)26(31)29-14-16-33-17-15-29/h2-13,25,28H,14-18H2,1H3/t25-/m0/s1. The molecule has 1 N–H and O–H groups in total. The Morgan fingerprint density at radius 2 is 1.71 bits per heavy atom. The monoisotopic (exact) mass is 457 g/mol. The van der Waals surface area contributed by atoms with Crippen LogP contribution in [0.4, 0.5) is 11.4 Å². The Morgan fingerprint density at radius 1 is 1.00 bits per heavy atom. The van der Waals surface area contributed by atoms with Crippen LogP contribution in [0.1, 0.15) is 26.3 Å². The van der Waals surface area contributed by atoms with Crippen LogP contribution in [0, 0.1) is 6.92 Å². The molecule has 1 saturated heterocycles. The highest BCUT2D eigenvalue weighted by Crippen LogP contribution is 2.32. The van der Waals surface area contributed by atoms with Crippen molar-refractivity contribution in [2.75, 3.05) is 43.1 Å². The van der Waals surface area contributed by atoms with E-state index >= 15 is 0 Å². The molecule has 0 aliphatic carbocycles. The van der Waals surface area contributed by atoms with Crippen LogP contribution in [0.3, 0.4) is 0 Å². The second-order valence-corrected chi connectivity index (χ2v) is 8.38. The van der Waals surface area contributed by atoms with Gasteiger partial charge in [0.25, 0.3) is 11.8 Å². The van der Waals surface area contributed by atoms with E-state index in [-0.39, 0.29) is 18.4 Å². The zero-order valence-electron chi connectivity index (χ0n) is 19.1. The molecule has 2 heterocycles. The van der Waals surface area contributed by atoms with Crippen LogP contribution in [0.25, 0.3) is 0 Å². The maximum Gasteiger partial charge on any atom is 0.262 e. The highest BCUT2D eigenvalue weighted by atomic mass is 16.5. The lowest BCUT2D eigenvalue weighted by Gasteiger charge is -2.38. The van der Waals surface area contributed by atoms with Crippen molar-refractivity contribution in [3.8, 4) is 5.75 Å². The molecule has 0 saturated carbocycles. The molecule has 7 nitrogen and oxygen atoms in total. The molecule has 3 aromatic carbocycles. The van der Waals surface area contributed by atoms with E-state index in [1.807, 2.05) is 67.6 Å². The van der Waals surface area contributed by atoms with Crippen LogP contribution in [-0.4, -0.2) is 55.8 Å². The second kappa shape index (κ2) is 9.57. The number of nitrogens with zero attached hydrogens (tertiary/aromatic N) is 2. The first kappa shape index (κ1) is 22.0. The third-order valence-corrected chi connectivity index (χ3v) is 6.20. The molecule has 0 spiro atoms. The van der Waals surface area contributed by atoms with Gasteiger partial charge >= 0.3 is 0 Å². The van der Waals surface area contributed by atoms with Crippen LogP contribution in [-0.2, 0) is 4.74 Å². The van der Waals surface area contributed by atoms with Gasteiger partial charge in [0.1, 0.15) is 18.5 Å². The second-order valence-electron chi connectivity index (χ2n) is 8.38. The lowest BCUT2D eigenvalue weighted by molar-refractivity contribution is 0.0300. The summed E-state index contributed by atoms with van der Waals surface area (Å²) < 4.78 is 11.6. The average Bonchev–Trinajstić information content (AvgIpc) is 2.88. The Morgan fingerprint density at radius 3 is 2.53 bits per heavy atom. The van der Waals surface area contributed by atoms with Crippen LogP contribution >= 0.6 is 0 Å². The molecule has 2 aliphatic heterocycles. The predicted octanol–water partition coefficient (Wildman–Crippen LogP) is 3.94. The van der Waals surface area contributed by atoms with Crippen LogP contribution in [0.2, 0.25) is 0 Å². The maximum atomic E-state index is 13.5. The molecule has 0 radical (unpaired) electrons. The van der Waals surface area contributed by atoms with E-state index in [1.165, 1.54) is 0 Å². The summed E-state index contributed by atoms with van der Waals surface area (Å²) in [6.07, 6.45) is -0.449. The number of rotatable bonds is 5. The molecular formula is C27H27N3O4. The maximum absolute atomic E-state index is 13.5. The van der Waals surface area contributed by atoms with E-state index in [4.69, 9.17) is 9.47 Å². The third-order valence-electron chi connectivity index (χ3n) is 6.20. The average molecular weight is 458 g/mol. The first-order valence-electron chi connectivity index (χ1n) is 11.5. The topological polar surface area (TPSA) is 71.1 Å². The fourth-order valence-corrected chi connectivity index (χ4v) is 4.41. The highest BCUT2D eigenvalue weighted by molar-refractivity contribution is 6.12. The van der Waals surface area contributed by atoms with E-state index in [9.17, 15) is 9.59 Å². The third kappa shape index (κ3) is 4.22. The number of morpholine rings is 1. The number of benzene rings is 3. The lowest BCUT2D eigenvalue weighted by Crippen LogP contribution is -2.52. The Bertz CT molecular complexity index is 1210. The smallest absolute Gasteiger partial charge is 0.262 e. The molecule has 3 aromatic rings. The van der Waals surface area contributed by atoms with E-state index < -0.39 is 6.17 Å². The van der Waals surface area contributed by atoms with Crippen molar-refractivity contribution in [3.05, 3.63) is 89.5 Å². The SMILES string of the molecule is Cc1ccccc1N1C(=O)c2ccccc2N[C@@H]1COc1ccccc1C(=O)N1CCOCC1. The summed E-state index contributed by atoms with van der Waals surface area (Å²) in [5.41, 5.74) is 3.70. The molecule has 34 heavy (non-hydrogen) atoms. The van der Waals surface area contributed by atoms with Gasteiger partial charge < -0.3 is 19.7 Å². The van der Waals surface area contributed by atoms with Crippen molar-refractivity contribution in [1.29, 1.82) is 0 Å². The highest BCUT2D eigenvalue weighted by Gasteiger charge is 2.34. The molecule has 7 heteroatoms. The summed E-state index contributed by atoms with van der Waals surface area (Å²) in [5, 5.41) is 3.45. The Balaban J connectivity index is 1.43. The van der Waals surface area contributed by atoms with Gasteiger partial charge in [-0.1, -0.05) is 42.5 Å². The molecule has 174 valence electrons. The van der Waals surface area contributed by atoms with Gasteiger partial charge in [-0.2, -0.15) is 0 Å². The first-order chi connectivity index (χ1) is 16.6. The Hall–Kier alpha value is -3.84. The largest absolute Gasteiger partial charge is 0.489 e. The first-order valence-corrected chi connectivity index (χ1v) is 11.5. The number of ether oxygens (including phenoxy) is 2. The van der Waals surface area contributed by atoms with Crippen molar-refractivity contribution < 1.29 is 19.1 Å². The molecule has 2 aliphatic rings. The van der Waals surface area contributed by atoms with Gasteiger partial charge in [-0.15, -0.1) is 0 Å². The van der Waals surface area contributed by atoms with Gasteiger partial charge in [-0.3, -0.25) is 14.5 Å². The summed E-state index contributed by atoms with van der Waals surface area (Å²) in [6.45, 7) is 4.34. The number of nitrogens with one attached hydrogen (secondary N) is 1. The Labute approximate surface area is 198 Å². The fraction of sp³-hybridized carbons (Fsp3) is 0.259. The number of hydrogen-bond acceptors (Lipinski definition) is 5. The molecule has 0 unspecified atom stereocenters. The van der Waals surface area contributed by atoms with Gasteiger partial charge in [0.2, 0.25) is 0 Å². The molecule has 1 atom stereocenters. The minimum atomic E-state index is -0.449. The van der Waals surface area contributed by atoms with E-state index in [0.717, 1.165) is 16.9 Å². The van der Waals surface area contributed by atoms with Crippen LogP contribution in [0.15, 0.2) is 72.8 Å². The number of aryl methyl sites for hydroxylation is 1. The predicted molar refractivity (Wildman–Crippen MR) is 131 cm³/mol. The number of hydrogen-bond donors (Lipinski definition) is 1. The normalized spacial score (nSPS) is 17.7. The summed E-state index contributed by atoms with van der Waals surface area (Å²) in [6, 6.07) is 22.5. The minimum Gasteiger partial charge on any atom is -0.489 e. The summed E-state index contributed by atoms with van der Waals surface area (Å²) in [7, 11) is 0. The zero-order valence-corrected chi connectivity index (χ0v) is 19.1. The van der Waals surface area contributed by atoms with Crippen molar-refractivity contribution in [3.63, 3.8) is 0 Å². The number of para-hydroxylation sites is 3. The molecule has 0 bridgehead atoms. The van der Waals surface area contributed by atoms with Gasteiger partial charge in [-0.05, 0) is 42.8 Å². The summed E-state index contributed by atoms with van der Waals surface area (Å²) >= 11 is 0. The number of anilines is 2. The number of fused-ring (bicyclic) bond motifs is 1. The molecule has 2 amide bonds. The van der Waals surface area contributed by atoms with Crippen molar-refractivity contribution in [2.45, 2.75) is 13.1 Å². The minimum absolute atomic E-state index is 0.0762. The quantitative estimate of drug-likeness (QED) is 0.628. The van der Waals surface area contributed by atoms with Gasteiger partial charge in [0.15, 0.2) is 0 Å². The van der Waals surface area contributed by atoms with Crippen molar-refractivity contribution >= 4 is 23.2 Å². The number of carbonyl (C=O) groups excluding carboxylic acids is 2. The zero-order chi connectivity index (χ0) is 23.5. The fourth-order valence-electron chi connectivity index (χ4n) is 4.41. The molecule has 1 fully saturated rings. The molecule has 5 rings (SSSR count). The van der Waals surface area contributed by atoms with Gasteiger partial charge in [0, 0.05) is 24.5 Å². The van der Waals surface area contributed by atoms with E-state index in [2.05, 4.69) is 5.32 Å². The molecule has 0 aromatic heterocycles. The summed E-state index contributed by atoms with van der Waals surface area (Å²) in [4.78, 5) is 30.2. The number of carbonyl (C=O) groups is 2. The lowest BCUT2D eigenvalue weighted by atomic mass is 10.0. The van der Waals surface area contributed by atoms with Crippen molar-refractivity contribution in [2.24, 2.45) is 0 Å². The Kier molecular flexibility index (Phi) is 6.18. The van der Waals surface area contributed by atoms with Crippen molar-refractivity contribution in [1.82, 2.24) is 4.90 Å². The van der Waals surface area contributed by atoms with Gasteiger partial charge in [0.05, 0.1) is 24.3 Å². The van der Waals surface area contributed by atoms with Crippen LogP contribution < -0.4 is 15.0 Å². The van der Waals surface area contributed by atoms with Gasteiger partial charge in [-0.25, -0.2) is 0 Å².